The number of unbranched alkanes of at least 4 members (excludes halogenated alkanes) is 27. The van der Waals surface area contributed by atoms with Gasteiger partial charge >= 0.3 is 39.5 Å². The Morgan fingerprint density at radius 2 is 0.558 bits per heavy atom. The normalized spacial score (nSPS) is 15.3. The van der Waals surface area contributed by atoms with Crippen molar-refractivity contribution in [1.82, 2.24) is 0 Å². The zero-order chi connectivity index (χ0) is 63.9. The van der Waals surface area contributed by atoms with E-state index in [0.717, 1.165) is 120 Å². The summed E-state index contributed by atoms with van der Waals surface area (Å²) in [6.07, 6.45) is 37.5. The molecule has 8 atom stereocenters. The average molecular weight is 1270 g/mol. The van der Waals surface area contributed by atoms with Gasteiger partial charge < -0.3 is 33.8 Å². The summed E-state index contributed by atoms with van der Waals surface area (Å²) < 4.78 is 68.1. The van der Waals surface area contributed by atoms with Crippen molar-refractivity contribution in [3.63, 3.8) is 0 Å². The van der Waals surface area contributed by atoms with Crippen molar-refractivity contribution >= 4 is 39.5 Å². The lowest BCUT2D eigenvalue weighted by molar-refractivity contribution is -0.161. The number of rotatable bonds is 64. The van der Waals surface area contributed by atoms with Crippen LogP contribution in [0.5, 0.6) is 0 Å². The Bertz CT molecular complexity index is 1720. The van der Waals surface area contributed by atoms with E-state index in [2.05, 4.69) is 55.4 Å². The SMILES string of the molecule is CCC(C)CCCCCCCCCCCCC(=O)O[C@H](COC(=O)CCCCCCCCCCCC(C)C)COP(=O)(O)OC[C@@H](O)COP(=O)(O)OC[C@@H](COC(=O)CCCCCCCCC(C)CC)OC(=O)CCCCCCCCC(C)CC. The van der Waals surface area contributed by atoms with Crippen LogP contribution in [0.25, 0.3) is 0 Å². The minimum atomic E-state index is -4.95. The van der Waals surface area contributed by atoms with Gasteiger partial charge in [-0.1, -0.05) is 274 Å². The Hall–Kier alpha value is -1.94. The first-order valence-corrected chi connectivity index (χ1v) is 37.8. The van der Waals surface area contributed by atoms with Crippen LogP contribution in [0.1, 0.15) is 325 Å². The van der Waals surface area contributed by atoms with Crippen molar-refractivity contribution in [2.45, 2.75) is 343 Å². The van der Waals surface area contributed by atoms with Gasteiger partial charge in [-0.25, -0.2) is 9.13 Å². The van der Waals surface area contributed by atoms with Gasteiger partial charge in [0.15, 0.2) is 12.2 Å². The standard InChI is InChI=1S/C67H130O17P2/c1-9-58(6)44-36-28-20-16-12-13-17-22-33-41-49-66(71)83-62(53-77-64(69)47-39-31-21-18-14-15-19-27-35-43-57(4)5)55-81-85(73,74)79-51-61(68)52-80-86(75,76)82-56-63(84-67(72)50-42-34-26-24-30-38-46-60(8)11-3)54-78-65(70)48-40-32-25-23-29-37-45-59(7)10-2/h57-63,68H,9-56H2,1-8H3,(H,73,74)(H,75,76)/t58?,59?,60?,61-,62-,63-/m1/s1. The molecule has 3 N–H and O–H groups in total. The summed E-state index contributed by atoms with van der Waals surface area (Å²) in [6, 6.07) is 0. The van der Waals surface area contributed by atoms with Gasteiger partial charge in [-0.3, -0.25) is 37.3 Å². The first-order valence-electron chi connectivity index (χ1n) is 34.8. The highest BCUT2D eigenvalue weighted by atomic mass is 31.2. The summed E-state index contributed by atoms with van der Waals surface area (Å²) in [6.45, 7) is 14.0. The fourth-order valence-corrected chi connectivity index (χ4v) is 11.4. The van der Waals surface area contributed by atoms with Gasteiger partial charge in [0, 0.05) is 25.7 Å². The molecule has 0 saturated carbocycles. The molecule has 0 rings (SSSR count). The number of hydrogen-bond donors (Lipinski definition) is 3. The van der Waals surface area contributed by atoms with E-state index >= 15 is 0 Å². The molecule has 0 radical (unpaired) electrons. The van der Waals surface area contributed by atoms with Crippen molar-refractivity contribution in [2.24, 2.45) is 23.7 Å². The molecule has 0 aliphatic rings. The van der Waals surface area contributed by atoms with Gasteiger partial charge in [0.1, 0.15) is 19.3 Å². The predicted octanol–water partition coefficient (Wildman–Crippen LogP) is 18.5. The number of phosphoric acid groups is 2. The van der Waals surface area contributed by atoms with E-state index in [1.54, 1.807) is 0 Å². The number of aliphatic hydroxyl groups excluding tert-OH is 1. The summed E-state index contributed by atoms with van der Waals surface area (Å²) >= 11 is 0. The van der Waals surface area contributed by atoms with Crippen LogP contribution >= 0.6 is 15.6 Å². The maximum atomic E-state index is 13.0. The van der Waals surface area contributed by atoms with Crippen LogP contribution < -0.4 is 0 Å². The molecule has 0 aromatic heterocycles. The number of carbonyl (C=O) groups is 4. The molecule has 0 heterocycles. The van der Waals surface area contributed by atoms with Gasteiger partial charge in [0.2, 0.25) is 0 Å². The number of ether oxygens (including phenoxy) is 4. The quantitative estimate of drug-likeness (QED) is 0.0222. The van der Waals surface area contributed by atoms with E-state index in [4.69, 9.17) is 37.0 Å². The summed E-state index contributed by atoms with van der Waals surface area (Å²) in [5.41, 5.74) is 0. The van der Waals surface area contributed by atoms with Crippen LogP contribution in [0.4, 0.5) is 0 Å². The number of carbonyl (C=O) groups excluding carboxylic acids is 4. The van der Waals surface area contributed by atoms with Crippen LogP contribution in [0.15, 0.2) is 0 Å². The molecule has 0 aromatic carbocycles. The zero-order valence-electron chi connectivity index (χ0n) is 55.9. The number of aliphatic hydroxyl groups is 1. The van der Waals surface area contributed by atoms with Crippen molar-refractivity contribution in [3.8, 4) is 0 Å². The summed E-state index contributed by atoms with van der Waals surface area (Å²) in [7, 11) is -9.90. The van der Waals surface area contributed by atoms with Gasteiger partial charge in [0.25, 0.3) is 0 Å². The van der Waals surface area contributed by atoms with E-state index in [0.29, 0.717) is 25.7 Å². The van der Waals surface area contributed by atoms with Gasteiger partial charge in [0.05, 0.1) is 26.4 Å². The van der Waals surface area contributed by atoms with Gasteiger partial charge in [-0.05, 0) is 49.4 Å². The molecule has 5 unspecified atom stereocenters. The van der Waals surface area contributed by atoms with Crippen LogP contribution in [-0.2, 0) is 65.4 Å². The molecular formula is C67H130O17P2. The van der Waals surface area contributed by atoms with Crippen molar-refractivity contribution in [2.75, 3.05) is 39.6 Å². The monoisotopic (exact) mass is 1270 g/mol. The van der Waals surface area contributed by atoms with Crippen LogP contribution in [0.2, 0.25) is 0 Å². The molecule has 0 amide bonds. The Labute approximate surface area is 524 Å². The van der Waals surface area contributed by atoms with Crippen LogP contribution in [0, 0.1) is 23.7 Å². The molecule has 17 nitrogen and oxygen atoms in total. The van der Waals surface area contributed by atoms with E-state index < -0.39 is 97.5 Å². The van der Waals surface area contributed by atoms with E-state index in [1.165, 1.54) is 122 Å². The van der Waals surface area contributed by atoms with E-state index in [1.807, 2.05) is 0 Å². The lowest BCUT2D eigenvalue weighted by atomic mass is 9.99. The van der Waals surface area contributed by atoms with Crippen molar-refractivity contribution < 1.29 is 80.2 Å². The minimum absolute atomic E-state index is 0.101. The highest BCUT2D eigenvalue weighted by Crippen LogP contribution is 2.45. The molecule has 0 aliphatic heterocycles. The Morgan fingerprint density at radius 1 is 0.326 bits per heavy atom. The lowest BCUT2D eigenvalue weighted by Crippen LogP contribution is -2.30. The molecule has 19 heteroatoms. The highest BCUT2D eigenvalue weighted by Gasteiger charge is 2.30. The van der Waals surface area contributed by atoms with Crippen molar-refractivity contribution in [3.05, 3.63) is 0 Å². The maximum Gasteiger partial charge on any atom is 0.472 e. The molecule has 0 saturated heterocycles. The maximum absolute atomic E-state index is 13.0. The average Bonchev–Trinajstić information content (AvgIpc) is 3.69. The van der Waals surface area contributed by atoms with Crippen LogP contribution in [0.3, 0.4) is 0 Å². The first-order chi connectivity index (χ1) is 41.2. The Balaban J connectivity index is 5.27. The molecular weight excluding hydrogens is 1140 g/mol. The summed E-state index contributed by atoms with van der Waals surface area (Å²) in [4.78, 5) is 72.4. The predicted molar refractivity (Wildman–Crippen MR) is 344 cm³/mol. The minimum Gasteiger partial charge on any atom is -0.462 e. The van der Waals surface area contributed by atoms with Gasteiger partial charge in [-0.2, -0.15) is 0 Å². The van der Waals surface area contributed by atoms with Crippen molar-refractivity contribution in [1.29, 1.82) is 0 Å². The third-order valence-corrected chi connectivity index (χ3v) is 18.3. The molecule has 86 heavy (non-hydrogen) atoms. The van der Waals surface area contributed by atoms with E-state index in [-0.39, 0.29) is 25.7 Å². The largest absolute Gasteiger partial charge is 0.472 e. The number of esters is 4. The summed E-state index contributed by atoms with van der Waals surface area (Å²) in [5, 5.41) is 10.6. The third-order valence-electron chi connectivity index (χ3n) is 16.4. The first kappa shape index (κ1) is 84.1. The zero-order valence-corrected chi connectivity index (χ0v) is 57.7. The topological polar surface area (TPSA) is 237 Å². The summed E-state index contributed by atoms with van der Waals surface area (Å²) in [5.74, 6) is 0.861. The third kappa shape index (κ3) is 57.2. The molecule has 0 fully saturated rings. The molecule has 0 aliphatic carbocycles. The Morgan fingerprint density at radius 3 is 0.826 bits per heavy atom. The molecule has 0 bridgehead atoms. The molecule has 0 spiro atoms. The fraction of sp³-hybridized carbons (Fsp3) is 0.940. The smallest absolute Gasteiger partial charge is 0.462 e. The molecule has 0 aromatic rings. The second-order valence-corrected chi connectivity index (χ2v) is 28.3. The second kappa shape index (κ2) is 57.0. The van der Waals surface area contributed by atoms with Gasteiger partial charge in [-0.15, -0.1) is 0 Å². The van der Waals surface area contributed by atoms with E-state index in [9.17, 15) is 43.2 Å². The second-order valence-electron chi connectivity index (χ2n) is 25.4. The highest BCUT2D eigenvalue weighted by molar-refractivity contribution is 7.47. The van der Waals surface area contributed by atoms with Crippen LogP contribution in [-0.4, -0.2) is 96.7 Å². The molecule has 510 valence electrons. The lowest BCUT2D eigenvalue weighted by Gasteiger charge is -2.21. The number of phosphoric ester groups is 2. The Kier molecular flexibility index (Phi) is 55.7. The fourth-order valence-electron chi connectivity index (χ4n) is 9.86. The number of hydrogen-bond acceptors (Lipinski definition) is 15.